The Bertz CT molecular complexity index is 1150. The molecule has 12 heteroatoms. The number of aromatic nitrogens is 3. The Morgan fingerprint density at radius 3 is 2.57 bits per heavy atom. The first kappa shape index (κ1) is 20.4. The molecule has 0 aliphatic carbocycles. The van der Waals surface area contributed by atoms with E-state index >= 15 is 0 Å². The quantitative estimate of drug-likeness (QED) is 0.537. The number of hydrogen-bond acceptors (Lipinski definition) is 10. The zero-order chi connectivity index (χ0) is 21.3. The van der Waals surface area contributed by atoms with Crippen LogP contribution in [0.5, 0.6) is 0 Å². The molecule has 30 heavy (non-hydrogen) atoms. The first-order valence-electron chi connectivity index (χ1n) is 9.08. The Hall–Kier alpha value is -2.83. The van der Waals surface area contributed by atoms with Crippen molar-refractivity contribution in [2.75, 3.05) is 38.2 Å². The highest BCUT2D eigenvalue weighted by atomic mass is 32.2. The highest BCUT2D eigenvalue weighted by Crippen LogP contribution is 2.27. The Balaban J connectivity index is 1.45. The van der Waals surface area contributed by atoms with Gasteiger partial charge in [0.05, 0.1) is 7.11 Å². The van der Waals surface area contributed by atoms with Crippen LogP contribution in [0.3, 0.4) is 0 Å². The Morgan fingerprint density at radius 2 is 1.97 bits per heavy atom. The monoisotopic (exact) mass is 449 g/mol. The molecule has 0 bridgehead atoms. The summed E-state index contributed by atoms with van der Waals surface area (Å²) in [6.07, 6.45) is 1.66. The Morgan fingerprint density at radius 1 is 1.20 bits per heavy atom. The second-order valence-corrected chi connectivity index (χ2v) is 9.36. The number of methoxy groups -OCH3 is 1. The number of ether oxygens (including phenoxy) is 1. The number of carbonyl (C=O) groups excluding carboxylic acids is 1. The van der Waals surface area contributed by atoms with Gasteiger partial charge < -0.3 is 14.2 Å². The largest absolute Gasteiger partial charge is 0.465 e. The fraction of sp³-hybridized carbons (Fsp3) is 0.333. The van der Waals surface area contributed by atoms with Gasteiger partial charge in [0.1, 0.15) is 15.6 Å². The lowest BCUT2D eigenvalue weighted by Crippen LogP contribution is -2.49. The number of piperazine rings is 1. The van der Waals surface area contributed by atoms with Gasteiger partial charge in [0, 0.05) is 44.9 Å². The molecule has 1 aliphatic rings. The minimum absolute atomic E-state index is 0.00863. The molecule has 0 radical (unpaired) electrons. The molecular weight excluding hydrogens is 430 g/mol. The van der Waals surface area contributed by atoms with Crippen LogP contribution in [-0.2, 0) is 14.8 Å². The fourth-order valence-electron chi connectivity index (χ4n) is 3.16. The predicted molar refractivity (Wildman–Crippen MR) is 109 cm³/mol. The van der Waals surface area contributed by atoms with E-state index in [4.69, 9.17) is 9.26 Å². The Labute approximate surface area is 177 Å². The summed E-state index contributed by atoms with van der Waals surface area (Å²) >= 11 is 1.05. The third-order valence-electron chi connectivity index (χ3n) is 4.71. The number of rotatable bonds is 5. The maximum absolute atomic E-state index is 13.0. The van der Waals surface area contributed by atoms with Crippen molar-refractivity contribution in [1.82, 2.24) is 19.4 Å². The van der Waals surface area contributed by atoms with Gasteiger partial charge in [0.15, 0.2) is 0 Å². The van der Waals surface area contributed by atoms with Gasteiger partial charge in [-0.15, -0.1) is 11.3 Å². The number of esters is 1. The van der Waals surface area contributed by atoms with E-state index in [2.05, 4.69) is 15.1 Å². The second-order valence-electron chi connectivity index (χ2n) is 6.54. The van der Waals surface area contributed by atoms with Gasteiger partial charge in [-0.05, 0) is 23.6 Å². The van der Waals surface area contributed by atoms with Crippen molar-refractivity contribution in [3.8, 4) is 11.4 Å². The number of nitrogens with zero attached hydrogens (tertiary/aromatic N) is 5. The van der Waals surface area contributed by atoms with E-state index in [0.29, 0.717) is 24.8 Å². The van der Waals surface area contributed by atoms with E-state index in [1.54, 1.807) is 18.5 Å². The molecule has 0 unspecified atom stereocenters. The third-order valence-corrected chi connectivity index (χ3v) is 7.68. The van der Waals surface area contributed by atoms with Crippen molar-refractivity contribution in [2.24, 2.45) is 0 Å². The van der Waals surface area contributed by atoms with E-state index in [0.717, 1.165) is 22.7 Å². The van der Waals surface area contributed by atoms with Crippen molar-refractivity contribution in [2.45, 2.75) is 11.8 Å². The summed E-state index contributed by atoms with van der Waals surface area (Å²) in [7, 11) is -2.55. The van der Waals surface area contributed by atoms with Crippen LogP contribution < -0.4 is 4.90 Å². The molecule has 4 rings (SSSR count). The molecule has 0 amide bonds. The standard InChI is InChI=1S/C18H19N5O5S2/c1-12-20-17(21-28-12)13-3-4-15(19-11-13)22-6-8-23(9-7-22)30(25,26)14-5-10-29-16(14)18(24)27-2/h3-5,10-11H,6-9H2,1-2H3. The average molecular weight is 450 g/mol. The number of pyridine rings is 1. The zero-order valence-corrected chi connectivity index (χ0v) is 17.9. The van der Waals surface area contributed by atoms with Crippen molar-refractivity contribution in [1.29, 1.82) is 0 Å². The molecule has 0 saturated carbocycles. The molecular formula is C18H19N5O5S2. The zero-order valence-electron chi connectivity index (χ0n) is 16.3. The molecule has 0 spiro atoms. The van der Waals surface area contributed by atoms with Gasteiger partial charge in [0.25, 0.3) is 0 Å². The summed E-state index contributed by atoms with van der Waals surface area (Å²) in [6, 6.07) is 5.14. The van der Waals surface area contributed by atoms with Gasteiger partial charge in [-0.1, -0.05) is 5.16 Å². The topological polar surface area (TPSA) is 119 Å². The smallest absolute Gasteiger partial charge is 0.349 e. The number of carbonyl (C=O) groups is 1. The van der Waals surface area contributed by atoms with Crippen LogP contribution in [0.2, 0.25) is 0 Å². The average Bonchev–Trinajstić information content (AvgIpc) is 3.43. The first-order chi connectivity index (χ1) is 14.4. The van der Waals surface area contributed by atoms with Crippen LogP contribution in [0.1, 0.15) is 15.6 Å². The van der Waals surface area contributed by atoms with Crippen molar-refractivity contribution >= 4 is 33.1 Å². The van der Waals surface area contributed by atoms with Crippen LogP contribution >= 0.6 is 11.3 Å². The van der Waals surface area contributed by atoms with Gasteiger partial charge in [-0.25, -0.2) is 18.2 Å². The van der Waals surface area contributed by atoms with E-state index in [-0.39, 0.29) is 22.9 Å². The van der Waals surface area contributed by atoms with Crippen LogP contribution in [0.4, 0.5) is 5.82 Å². The summed E-state index contributed by atoms with van der Waals surface area (Å²) in [5, 5.41) is 5.45. The van der Waals surface area contributed by atoms with Crippen molar-refractivity contribution in [3.05, 3.63) is 40.5 Å². The molecule has 10 nitrogen and oxygen atoms in total. The van der Waals surface area contributed by atoms with E-state index in [1.165, 1.54) is 17.5 Å². The predicted octanol–water partition coefficient (Wildman–Crippen LogP) is 1.80. The molecule has 158 valence electrons. The van der Waals surface area contributed by atoms with Crippen molar-refractivity contribution in [3.63, 3.8) is 0 Å². The highest BCUT2D eigenvalue weighted by Gasteiger charge is 2.33. The summed E-state index contributed by atoms with van der Waals surface area (Å²) in [6.45, 7) is 3.24. The number of sulfonamides is 1. The van der Waals surface area contributed by atoms with Crippen LogP contribution in [-0.4, -0.2) is 67.1 Å². The van der Waals surface area contributed by atoms with Gasteiger partial charge in [-0.3, -0.25) is 0 Å². The molecule has 1 saturated heterocycles. The molecule has 1 fully saturated rings. The lowest BCUT2D eigenvalue weighted by atomic mass is 10.2. The summed E-state index contributed by atoms with van der Waals surface area (Å²) in [5.41, 5.74) is 0.740. The molecule has 0 aromatic carbocycles. The van der Waals surface area contributed by atoms with Crippen LogP contribution in [0, 0.1) is 6.92 Å². The number of aryl methyl sites for hydroxylation is 1. The summed E-state index contributed by atoms with van der Waals surface area (Å²) in [5.74, 6) is 1.04. The molecule has 0 N–H and O–H groups in total. The van der Waals surface area contributed by atoms with Gasteiger partial charge in [0.2, 0.25) is 21.7 Å². The fourth-order valence-corrected chi connectivity index (χ4v) is 5.89. The maximum atomic E-state index is 13.0. The van der Waals surface area contributed by atoms with E-state index < -0.39 is 16.0 Å². The third kappa shape index (κ3) is 3.80. The van der Waals surface area contributed by atoms with E-state index in [9.17, 15) is 13.2 Å². The molecule has 0 atom stereocenters. The molecule has 3 aromatic rings. The summed E-state index contributed by atoms with van der Waals surface area (Å²) in [4.78, 5) is 22.6. The molecule has 4 heterocycles. The van der Waals surface area contributed by atoms with Crippen LogP contribution in [0.25, 0.3) is 11.4 Å². The van der Waals surface area contributed by atoms with Crippen molar-refractivity contribution < 1.29 is 22.5 Å². The lowest BCUT2D eigenvalue weighted by Gasteiger charge is -2.34. The number of anilines is 1. The lowest BCUT2D eigenvalue weighted by molar-refractivity contribution is 0.0602. The van der Waals surface area contributed by atoms with Gasteiger partial charge in [-0.2, -0.15) is 9.29 Å². The number of thiophene rings is 1. The maximum Gasteiger partial charge on any atom is 0.349 e. The summed E-state index contributed by atoms with van der Waals surface area (Å²) < 4.78 is 37.1. The normalized spacial score (nSPS) is 15.3. The highest BCUT2D eigenvalue weighted by molar-refractivity contribution is 7.89. The van der Waals surface area contributed by atoms with Crippen LogP contribution in [0.15, 0.2) is 39.2 Å². The second kappa shape index (κ2) is 8.13. The first-order valence-corrected chi connectivity index (χ1v) is 11.4. The minimum Gasteiger partial charge on any atom is -0.465 e. The molecule has 3 aromatic heterocycles. The minimum atomic E-state index is -3.78. The number of hydrogen-bond donors (Lipinski definition) is 0. The SMILES string of the molecule is COC(=O)c1sccc1S(=O)(=O)N1CCN(c2ccc(-c3noc(C)n3)cn2)CC1. The molecule has 1 aliphatic heterocycles. The van der Waals surface area contributed by atoms with E-state index in [1.807, 2.05) is 17.0 Å². The Kier molecular flexibility index (Phi) is 5.54. The van der Waals surface area contributed by atoms with Gasteiger partial charge >= 0.3 is 5.97 Å².